The maximum absolute atomic E-state index is 13.0. The van der Waals surface area contributed by atoms with Crippen LogP contribution in [0.5, 0.6) is 17.2 Å². The van der Waals surface area contributed by atoms with Crippen LogP contribution >= 0.6 is 0 Å². The molecule has 6 nitrogen and oxygen atoms in total. The van der Waals surface area contributed by atoms with E-state index in [-0.39, 0.29) is 11.7 Å². The number of likely N-dealkylation sites (tertiary alicyclic amines) is 1. The van der Waals surface area contributed by atoms with Crippen LogP contribution in [0.3, 0.4) is 0 Å². The molecule has 178 valence electrons. The lowest BCUT2D eigenvalue weighted by Gasteiger charge is -2.16. The fourth-order valence-corrected chi connectivity index (χ4v) is 4.09. The van der Waals surface area contributed by atoms with Gasteiger partial charge in [0.15, 0.2) is 0 Å². The van der Waals surface area contributed by atoms with Gasteiger partial charge in [0.25, 0.3) is 5.91 Å². The van der Waals surface area contributed by atoms with Gasteiger partial charge in [-0.25, -0.2) is 0 Å². The Balaban J connectivity index is 1.46. The Morgan fingerprint density at radius 3 is 2.62 bits per heavy atom. The van der Waals surface area contributed by atoms with Crippen molar-refractivity contribution < 1.29 is 19.4 Å². The largest absolute Gasteiger partial charge is 0.508 e. The van der Waals surface area contributed by atoms with E-state index >= 15 is 0 Å². The number of hydrogen-bond acceptors (Lipinski definition) is 5. The first-order chi connectivity index (χ1) is 16.6. The Kier molecular flexibility index (Phi) is 8.04. The highest BCUT2D eigenvalue weighted by atomic mass is 16.5. The number of amides is 1. The van der Waals surface area contributed by atoms with Crippen molar-refractivity contribution in [1.29, 1.82) is 0 Å². The van der Waals surface area contributed by atoms with Crippen molar-refractivity contribution in [2.45, 2.75) is 32.8 Å². The lowest BCUT2D eigenvalue weighted by atomic mass is 10.1. The molecule has 0 spiro atoms. The molecule has 0 bridgehead atoms. The zero-order valence-electron chi connectivity index (χ0n) is 19.6. The third-order valence-corrected chi connectivity index (χ3v) is 6.03. The highest BCUT2D eigenvalue weighted by Gasteiger charge is 2.16. The second-order valence-electron chi connectivity index (χ2n) is 8.63. The van der Waals surface area contributed by atoms with Crippen LogP contribution in [0.15, 0.2) is 66.7 Å². The molecule has 4 rings (SSSR count). The average Bonchev–Trinajstić information content (AvgIpc) is 3.35. The van der Waals surface area contributed by atoms with Crippen molar-refractivity contribution in [1.82, 2.24) is 4.90 Å². The number of rotatable bonds is 10. The predicted octanol–water partition coefficient (Wildman–Crippen LogP) is 5.40. The molecule has 34 heavy (non-hydrogen) atoms. The number of aromatic hydroxyl groups is 1. The van der Waals surface area contributed by atoms with E-state index < -0.39 is 0 Å². The summed E-state index contributed by atoms with van der Waals surface area (Å²) in [6, 6.07) is 19.8. The minimum atomic E-state index is -0.314. The van der Waals surface area contributed by atoms with Gasteiger partial charge in [0.2, 0.25) is 0 Å². The van der Waals surface area contributed by atoms with Crippen LogP contribution < -0.4 is 14.8 Å². The van der Waals surface area contributed by atoms with Gasteiger partial charge >= 0.3 is 0 Å². The molecule has 1 aliphatic rings. The summed E-state index contributed by atoms with van der Waals surface area (Å²) in [6.07, 6.45) is 3.53. The van der Waals surface area contributed by atoms with Crippen LogP contribution in [-0.4, -0.2) is 42.2 Å². The highest BCUT2D eigenvalue weighted by Crippen LogP contribution is 2.28. The molecule has 0 atom stereocenters. The van der Waals surface area contributed by atoms with Crippen LogP contribution in [0.25, 0.3) is 0 Å². The first-order valence-corrected chi connectivity index (χ1v) is 11.9. The number of ether oxygens (including phenoxy) is 2. The van der Waals surface area contributed by atoms with Gasteiger partial charge in [0.1, 0.15) is 23.9 Å². The molecule has 0 aliphatic carbocycles. The Hall–Kier alpha value is -3.51. The molecule has 1 fully saturated rings. The van der Waals surface area contributed by atoms with Gasteiger partial charge in [-0.1, -0.05) is 30.3 Å². The maximum atomic E-state index is 13.0. The number of anilines is 1. The molecule has 1 heterocycles. The van der Waals surface area contributed by atoms with E-state index in [1.807, 2.05) is 31.2 Å². The van der Waals surface area contributed by atoms with E-state index in [1.165, 1.54) is 32.0 Å². The van der Waals surface area contributed by atoms with Crippen molar-refractivity contribution in [3.63, 3.8) is 0 Å². The van der Waals surface area contributed by atoms with E-state index in [1.54, 1.807) is 36.4 Å². The Bertz CT molecular complexity index is 1110. The molecule has 3 aromatic carbocycles. The number of carbonyl (C=O) groups is 1. The minimum absolute atomic E-state index is 0.0894. The van der Waals surface area contributed by atoms with Crippen LogP contribution in [0.1, 0.15) is 40.7 Å². The number of benzene rings is 3. The van der Waals surface area contributed by atoms with E-state index in [0.29, 0.717) is 36.0 Å². The summed E-state index contributed by atoms with van der Waals surface area (Å²) in [6.45, 7) is 6.40. The third-order valence-electron chi connectivity index (χ3n) is 6.03. The summed E-state index contributed by atoms with van der Waals surface area (Å²) in [5.74, 6) is 0.908. The first kappa shape index (κ1) is 23.6. The number of phenols is 1. The SMILES string of the molecule is Cc1ccccc1COc1cc(OCCCN2CCCC2)ccc1C(=O)Nc1cccc(O)c1. The third kappa shape index (κ3) is 6.51. The Morgan fingerprint density at radius 2 is 1.82 bits per heavy atom. The van der Waals surface area contributed by atoms with Gasteiger partial charge in [-0.05, 0) is 74.7 Å². The van der Waals surface area contributed by atoms with E-state index in [2.05, 4.69) is 10.2 Å². The van der Waals surface area contributed by atoms with Gasteiger partial charge in [-0.2, -0.15) is 0 Å². The summed E-state index contributed by atoms with van der Waals surface area (Å²) in [5, 5.41) is 12.5. The number of nitrogens with zero attached hydrogens (tertiary/aromatic N) is 1. The Morgan fingerprint density at radius 1 is 1.00 bits per heavy atom. The highest BCUT2D eigenvalue weighted by molar-refractivity contribution is 6.06. The quantitative estimate of drug-likeness (QED) is 0.397. The number of aryl methyl sites for hydroxylation is 1. The second-order valence-corrected chi connectivity index (χ2v) is 8.63. The molecule has 3 aromatic rings. The lowest BCUT2D eigenvalue weighted by molar-refractivity contribution is 0.102. The summed E-state index contributed by atoms with van der Waals surface area (Å²) in [4.78, 5) is 15.5. The summed E-state index contributed by atoms with van der Waals surface area (Å²) >= 11 is 0. The molecule has 1 aliphatic heterocycles. The van der Waals surface area contributed by atoms with Gasteiger partial charge < -0.3 is 24.8 Å². The molecule has 0 unspecified atom stereocenters. The van der Waals surface area contributed by atoms with Gasteiger partial charge in [0, 0.05) is 24.4 Å². The van der Waals surface area contributed by atoms with Crippen molar-refractivity contribution in [3.8, 4) is 17.2 Å². The Labute approximate surface area is 201 Å². The first-order valence-electron chi connectivity index (χ1n) is 11.9. The standard InChI is InChI=1S/C28H32N2O4/c1-21-8-2-3-9-22(21)20-34-27-19-25(33-17-7-16-30-14-4-5-15-30)12-13-26(27)28(32)29-23-10-6-11-24(31)18-23/h2-3,6,8-13,18-19,31H,4-5,7,14-17,20H2,1H3,(H,29,32). The fourth-order valence-electron chi connectivity index (χ4n) is 4.09. The maximum Gasteiger partial charge on any atom is 0.259 e. The van der Waals surface area contributed by atoms with Crippen molar-refractivity contribution >= 4 is 11.6 Å². The molecular weight excluding hydrogens is 428 g/mol. The van der Waals surface area contributed by atoms with Crippen LogP contribution in [-0.2, 0) is 6.61 Å². The summed E-state index contributed by atoms with van der Waals surface area (Å²) < 4.78 is 12.1. The lowest BCUT2D eigenvalue weighted by Crippen LogP contribution is -2.21. The molecule has 1 saturated heterocycles. The van der Waals surface area contributed by atoms with Crippen molar-refractivity contribution in [2.75, 3.05) is 31.6 Å². The minimum Gasteiger partial charge on any atom is -0.508 e. The predicted molar refractivity (Wildman–Crippen MR) is 134 cm³/mol. The number of hydrogen-bond donors (Lipinski definition) is 2. The molecule has 0 aromatic heterocycles. The van der Waals surface area contributed by atoms with E-state index in [4.69, 9.17) is 9.47 Å². The van der Waals surface area contributed by atoms with E-state index in [9.17, 15) is 9.90 Å². The molecule has 6 heteroatoms. The summed E-state index contributed by atoms with van der Waals surface area (Å²) in [5.41, 5.74) is 3.10. The number of carbonyl (C=O) groups excluding carboxylic acids is 1. The monoisotopic (exact) mass is 460 g/mol. The van der Waals surface area contributed by atoms with Gasteiger partial charge in [-0.3, -0.25) is 4.79 Å². The zero-order valence-corrected chi connectivity index (χ0v) is 19.6. The van der Waals surface area contributed by atoms with Crippen molar-refractivity contribution in [3.05, 3.63) is 83.4 Å². The smallest absolute Gasteiger partial charge is 0.259 e. The molecule has 1 amide bonds. The van der Waals surface area contributed by atoms with E-state index in [0.717, 1.165) is 24.1 Å². The van der Waals surface area contributed by atoms with Crippen molar-refractivity contribution in [2.24, 2.45) is 0 Å². The molecule has 0 radical (unpaired) electrons. The molecular formula is C28H32N2O4. The summed E-state index contributed by atoms with van der Waals surface area (Å²) in [7, 11) is 0. The molecule has 2 N–H and O–H groups in total. The van der Waals surface area contributed by atoms with Crippen LogP contribution in [0, 0.1) is 6.92 Å². The van der Waals surface area contributed by atoms with Gasteiger partial charge in [-0.15, -0.1) is 0 Å². The molecule has 0 saturated carbocycles. The zero-order chi connectivity index (χ0) is 23.8. The topological polar surface area (TPSA) is 71.0 Å². The van der Waals surface area contributed by atoms with Crippen LogP contribution in [0.2, 0.25) is 0 Å². The second kappa shape index (κ2) is 11.6. The fraction of sp³-hybridized carbons (Fsp3) is 0.321. The number of nitrogens with one attached hydrogen (secondary N) is 1. The average molecular weight is 461 g/mol. The van der Waals surface area contributed by atoms with Crippen LogP contribution in [0.4, 0.5) is 5.69 Å². The van der Waals surface area contributed by atoms with Gasteiger partial charge in [0.05, 0.1) is 12.2 Å². The number of phenolic OH excluding ortho intramolecular Hbond substituents is 1. The normalized spacial score (nSPS) is 13.6.